The number of ether oxygens (including phenoxy) is 3. The topological polar surface area (TPSA) is 85.4 Å². The van der Waals surface area contributed by atoms with Crippen LogP contribution in [0.4, 0.5) is 0 Å². The first-order valence-electron chi connectivity index (χ1n) is 10.8. The van der Waals surface area contributed by atoms with E-state index in [0.29, 0.717) is 51.0 Å². The zero-order valence-electron chi connectivity index (χ0n) is 19.2. The average Bonchev–Trinajstić information content (AvgIpc) is 2.84. The Kier molecular flexibility index (Phi) is 8.49. The van der Waals surface area contributed by atoms with Crippen LogP contribution in [0.2, 0.25) is 0 Å². The third kappa shape index (κ3) is 6.34. The van der Waals surface area contributed by atoms with Crippen LogP contribution in [0.3, 0.4) is 0 Å². The number of rotatable bonds is 9. The van der Waals surface area contributed by atoms with Crippen LogP contribution in [-0.2, 0) is 26.1 Å². The highest BCUT2D eigenvalue weighted by Crippen LogP contribution is 2.28. The van der Waals surface area contributed by atoms with Gasteiger partial charge in [-0.2, -0.15) is 4.31 Å². The maximum absolute atomic E-state index is 12.7. The van der Waals surface area contributed by atoms with Gasteiger partial charge >= 0.3 is 0 Å². The Morgan fingerprint density at radius 1 is 1.12 bits per heavy atom. The zero-order chi connectivity index (χ0) is 23.8. The van der Waals surface area contributed by atoms with Gasteiger partial charge in [0.2, 0.25) is 15.9 Å². The molecule has 3 rings (SSSR count). The maximum Gasteiger partial charge on any atom is 0.246 e. The Bertz CT molecular complexity index is 1080. The molecule has 1 amide bonds. The minimum Gasteiger partial charge on any atom is -0.493 e. The van der Waals surface area contributed by atoms with Gasteiger partial charge in [0.05, 0.1) is 31.8 Å². The lowest BCUT2D eigenvalue weighted by Gasteiger charge is -2.26. The number of hydrogen-bond acceptors (Lipinski definition) is 6. The lowest BCUT2D eigenvalue weighted by atomic mass is 10.2. The first-order chi connectivity index (χ1) is 15.8. The van der Waals surface area contributed by atoms with E-state index in [0.717, 1.165) is 11.1 Å². The normalized spacial score (nSPS) is 14.9. The van der Waals surface area contributed by atoms with Crippen molar-refractivity contribution in [3.63, 3.8) is 0 Å². The summed E-state index contributed by atoms with van der Waals surface area (Å²) in [4.78, 5) is 14.4. The monoisotopic (exact) mass is 474 g/mol. The van der Waals surface area contributed by atoms with Crippen molar-refractivity contribution in [1.29, 1.82) is 0 Å². The van der Waals surface area contributed by atoms with Gasteiger partial charge in [0.25, 0.3) is 0 Å². The van der Waals surface area contributed by atoms with Crippen molar-refractivity contribution < 1.29 is 27.4 Å². The second kappa shape index (κ2) is 11.3. The summed E-state index contributed by atoms with van der Waals surface area (Å²) in [5, 5.41) is 0. The van der Waals surface area contributed by atoms with Crippen molar-refractivity contribution in [3.8, 4) is 11.5 Å². The standard InChI is InChI=1S/C24H30N2O6S/c1-4-32-22-11-7-20(17-23(22)30-3)18-25(2)24(27)12-8-19-5-9-21(10-6-19)33(28,29)26-13-15-31-16-14-26/h5-12,17H,4,13-16,18H2,1-3H3/b12-8+. The number of nitrogens with zero attached hydrogens (tertiary/aromatic N) is 2. The minimum atomic E-state index is -3.54. The van der Waals surface area contributed by atoms with Crippen LogP contribution in [0.1, 0.15) is 18.1 Å². The first kappa shape index (κ1) is 24.8. The van der Waals surface area contributed by atoms with E-state index < -0.39 is 10.0 Å². The van der Waals surface area contributed by atoms with Gasteiger partial charge in [0.15, 0.2) is 11.5 Å². The molecule has 0 spiro atoms. The van der Waals surface area contributed by atoms with Crippen LogP contribution < -0.4 is 9.47 Å². The van der Waals surface area contributed by atoms with E-state index in [2.05, 4.69) is 0 Å². The Morgan fingerprint density at radius 2 is 1.82 bits per heavy atom. The molecule has 0 bridgehead atoms. The molecule has 0 aliphatic carbocycles. The van der Waals surface area contributed by atoms with Crippen LogP contribution >= 0.6 is 0 Å². The Hall–Kier alpha value is -2.88. The molecule has 1 aliphatic rings. The van der Waals surface area contributed by atoms with Crippen molar-refractivity contribution in [2.75, 3.05) is 47.1 Å². The van der Waals surface area contributed by atoms with Gasteiger partial charge in [-0.25, -0.2) is 8.42 Å². The Labute approximate surface area is 195 Å². The third-order valence-corrected chi connectivity index (χ3v) is 7.14. The van der Waals surface area contributed by atoms with Crippen LogP contribution in [0.15, 0.2) is 53.4 Å². The van der Waals surface area contributed by atoms with Gasteiger partial charge in [-0.3, -0.25) is 4.79 Å². The molecule has 2 aromatic carbocycles. The highest BCUT2D eigenvalue weighted by molar-refractivity contribution is 7.89. The van der Waals surface area contributed by atoms with Crippen LogP contribution in [0.25, 0.3) is 6.08 Å². The largest absolute Gasteiger partial charge is 0.493 e. The number of methoxy groups -OCH3 is 1. The molecule has 0 saturated carbocycles. The van der Waals surface area contributed by atoms with E-state index in [1.54, 1.807) is 49.4 Å². The van der Waals surface area contributed by atoms with Gasteiger partial charge < -0.3 is 19.1 Å². The van der Waals surface area contributed by atoms with E-state index in [-0.39, 0.29) is 10.8 Å². The van der Waals surface area contributed by atoms with Gasteiger partial charge in [-0.15, -0.1) is 0 Å². The average molecular weight is 475 g/mol. The summed E-state index contributed by atoms with van der Waals surface area (Å²) >= 11 is 0. The fourth-order valence-electron chi connectivity index (χ4n) is 3.42. The zero-order valence-corrected chi connectivity index (χ0v) is 20.0. The number of sulfonamides is 1. The van der Waals surface area contributed by atoms with Gasteiger partial charge in [0, 0.05) is 32.8 Å². The highest BCUT2D eigenvalue weighted by atomic mass is 32.2. The fraction of sp³-hybridized carbons (Fsp3) is 0.375. The molecule has 0 aromatic heterocycles. The van der Waals surface area contributed by atoms with Crippen molar-refractivity contribution in [1.82, 2.24) is 9.21 Å². The Balaban J connectivity index is 1.61. The molecule has 8 nitrogen and oxygen atoms in total. The lowest BCUT2D eigenvalue weighted by molar-refractivity contribution is -0.125. The fourth-order valence-corrected chi connectivity index (χ4v) is 4.83. The molecular formula is C24H30N2O6S. The predicted molar refractivity (Wildman–Crippen MR) is 126 cm³/mol. The van der Waals surface area contributed by atoms with Gasteiger partial charge in [0.1, 0.15) is 0 Å². The minimum absolute atomic E-state index is 0.173. The summed E-state index contributed by atoms with van der Waals surface area (Å²) in [6.07, 6.45) is 3.14. The third-order valence-electron chi connectivity index (χ3n) is 5.23. The molecule has 1 saturated heterocycles. The first-order valence-corrected chi connectivity index (χ1v) is 12.2. The number of benzene rings is 2. The number of morpholine rings is 1. The number of likely N-dealkylation sites (N-methyl/N-ethyl adjacent to an activating group) is 1. The number of carbonyl (C=O) groups is 1. The number of amides is 1. The maximum atomic E-state index is 12.7. The second-order valence-electron chi connectivity index (χ2n) is 7.53. The van der Waals surface area contributed by atoms with Crippen LogP contribution in [0, 0.1) is 0 Å². The molecule has 33 heavy (non-hydrogen) atoms. The number of hydrogen-bond donors (Lipinski definition) is 0. The molecule has 1 fully saturated rings. The van der Waals surface area contributed by atoms with Crippen molar-refractivity contribution in [2.24, 2.45) is 0 Å². The lowest BCUT2D eigenvalue weighted by Crippen LogP contribution is -2.40. The molecule has 178 valence electrons. The SMILES string of the molecule is CCOc1ccc(CN(C)C(=O)/C=C/c2ccc(S(=O)(=O)N3CCOCC3)cc2)cc1OC. The molecule has 1 aliphatic heterocycles. The molecular weight excluding hydrogens is 444 g/mol. The molecule has 0 unspecified atom stereocenters. The predicted octanol–water partition coefficient (Wildman–Crippen LogP) is 2.79. The molecule has 2 aromatic rings. The molecule has 0 atom stereocenters. The summed E-state index contributed by atoms with van der Waals surface area (Å²) < 4.78 is 42.9. The smallest absolute Gasteiger partial charge is 0.246 e. The van der Waals surface area contributed by atoms with Crippen molar-refractivity contribution in [3.05, 3.63) is 59.7 Å². The summed E-state index contributed by atoms with van der Waals surface area (Å²) in [6, 6.07) is 12.1. The van der Waals surface area contributed by atoms with Gasteiger partial charge in [-0.1, -0.05) is 18.2 Å². The van der Waals surface area contributed by atoms with E-state index in [1.165, 1.54) is 10.4 Å². The molecule has 9 heteroatoms. The van der Waals surface area contributed by atoms with Crippen molar-refractivity contribution >= 4 is 22.0 Å². The van der Waals surface area contributed by atoms with E-state index in [1.807, 2.05) is 25.1 Å². The van der Waals surface area contributed by atoms with Crippen LogP contribution in [0.5, 0.6) is 11.5 Å². The summed E-state index contributed by atoms with van der Waals surface area (Å²) in [7, 11) is -0.240. The molecule has 1 heterocycles. The second-order valence-corrected chi connectivity index (χ2v) is 9.47. The van der Waals surface area contributed by atoms with E-state index >= 15 is 0 Å². The Morgan fingerprint density at radius 3 is 2.45 bits per heavy atom. The molecule has 0 N–H and O–H groups in total. The van der Waals surface area contributed by atoms with Crippen LogP contribution in [-0.4, -0.2) is 70.6 Å². The van der Waals surface area contributed by atoms with Gasteiger partial charge in [-0.05, 0) is 48.4 Å². The number of carbonyl (C=O) groups excluding carboxylic acids is 1. The van der Waals surface area contributed by atoms with E-state index in [9.17, 15) is 13.2 Å². The quantitative estimate of drug-likeness (QED) is 0.520. The van der Waals surface area contributed by atoms with E-state index in [4.69, 9.17) is 14.2 Å². The highest BCUT2D eigenvalue weighted by Gasteiger charge is 2.26. The summed E-state index contributed by atoms with van der Waals surface area (Å²) in [5.41, 5.74) is 1.65. The summed E-state index contributed by atoms with van der Waals surface area (Å²) in [5.74, 6) is 1.11. The van der Waals surface area contributed by atoms with Crippen molar-refractivity contribution in [2.45, 2.75) is 18.4 Å². The summed E-state index contributed by atoms with van der Waals surface area (Å²) in [6.45, 7) is 4.36. The molecule has 0 radical (unpaired) electrons.